The number of ether oxygens (including phenoxy) is 2. The highest BCUT2D eigenvalue weighted by Gasteiger charge is 2.63. The zero-order valence-electron chi connectivity index (χ0n) is 11.3. The molecular formula is C14H22F2O3. The molecule has 0 radical (unpaired) electrons. The van der Waals surface area contributed by atoms with Gasteiger partial charge in [-0.2, -0.15) is 0 Å². The first kappa shape index (κ1) is 13.7. The van der Waals surface area contributed by atoms with Crippen LogP contribution in [0.2, 0.25) is 0 Å². The van der Waals surface area contributed by atoms with E-state index in [0.29, 0.717) is 25.4 Å². The van der Waals surface area contributed by atoms with Crippen LogP contribution in [0, 0.1) is 11.3 Å². The second-order valence-electron chi connectivity index (χ2n) is 7.03. The standard InChI is InChI=1S/C14H22F2O3/c1-18-14-4-10-2-12(7-14,9-19-5-11(15)16)6-13(17,3-10)8-14/h10-11,17H,2-9H2,1H3. The van der Waals surface area contributed by atoms with E-state index in [1.54, 1.807) is 7.11 Å². The Kier molecular flexibility index (Phi) is 3.15. The zero-order valence-corrected chi connectivity index (χ0v) is 11.3. The molecule has 110 valence electrons. The highest BCUT2D eigenvalue weighted by atomic mass is 19.3. The molecule has 0 amide bonds. The van der Waals surface area contributed by atoms with E-state index in [9.17, 15) is 13.9 Å². The number of alkyl halides is 2. The second-order valence-corrected chi connectivity index (χ2v) is 7.03. The van der Waals surface area contributed by atoms with Crippen molar-refractivity contribution in [1.29, 1.82) is 0 Å². The van der Waals surface area contributed by atoms with Crippen LogP contribution < -0.4 is 0 Å². The molecule has 0 spiro atoms. The molecule has 0 aromatic rings. The van der Waals surface area contributed by atoms with E-state index in [0.717, 1.165) is 25.7 Å². The van der Waals surface area contributed by atoms with Crippen molar-refractivity contribution in [2.45, 2.75) is 56.2 Å². The Morgan fingerprint density at radius 2 is 2.00 bits per heavy atom. The molecule has 4 rings (SSSR count). The Hall–Kier alpha value is -0.260. The number of hydrogen-bond donors (Lipinski definition) is 1. The maximum absolute atomic E-state index is 12.2. The Labute approximate surface area is 112 Å². The maximum Gasteiger partial charge on any atom is 0.261 e. The summed E-state index contributed by atoms with van der Waals surface area (Å²) in [5.74, 6) is 0.441. The number of methoxy groups -OCH3 is 1. The molecule has 0 aliphatic heterocycles. The normalized spacial score (nSPS) is 48.2. The van der Waals surface area contributed by atoms with Crippen molar-refractivity contribution in [2.75, 3.05) is 20.3 Å². The van der Waals surface area contributed by atoms with Crippen LogP contribution in [0.1, 0.15) is 38.5 Å². The average molecular weight is 276 g/mol. The van der Waals surface area contributed by atoms with Gasteiger partial charge in [0.1, 0.15) is 6.61 Å². The fourth-order valence-electron chi connectivity index (χ4n) is 5.25. The SMILES string of the molecule is COC12CC3CC(O)(CC(COCC(F)F)(C3)C1)C2. The van der Waals surface area contributed by atoms with E-state index in [1.807, 2.05) is 0 Å². The first-order valence-electron chi connectivity index (χ1n) is 7.02. The van der Waals surface area contributed by atoms with Crippen LogP contribution in [0.25, 0.3) is 0 Å². The lowest BCUT2D eigenvalue weighted by molar-refractivity contribution is -0.250. The summed E-state index contributed by atoms with van der Waals surface area (Å²) in [5, 5.41) is 10.7. The van der Waals surface area contributed by atoms with Gasteiger partial charge >= 0.3 is 0 Å². The molecular weight excluding hydrogens is 254 g/mol. The van der Waals surface area contributed by atoms with Gasteiger partial charge in [-0.05, 0) is 43.4 Å². The molecule has 4 saturated carbocycles. The largest absolute Gasteiger partial charge is 0.390 e. The van der Waals surface area contributed by atoms with E-state index < -0.39 is 18.6 Å². The fraction of sp³-hybridized carbons (Fsp3) is 1.00. The highest BCUT2D eigenvalue weighted by molar-refractivity contribution is 5.15. The third-order valence-corrected chi connectivity index (χ3v) is 5.19. The van der Waals surface area contributed by atoms with Crippen molar-refractivity contribution < 1.29 is 23.4 Å². The van der Waals surface area contributed by atoms with Crippen LogP contribution in [0.4, 0.5) is 8.78 Å². The third kappa shape index (κ3) is 2.41. The van der Waals surface area contributed by atoms with E-state index in [1.165, 1.54) is 0 Å². The van der Waals surface area contributed by atoms with Crippen molar-refractivity contribution in [3.63, 3.8) is 0 Å². The van der Waals surface area contributed by atoms with Crippen LogP contribution in [0.3, 0.4) is 0 Å². The molecule has 0 saturated heterocycles. The number of halogens is 2. The predicted molar refractivity (Wildman–Crippen MR) is 65.1 cm³/mol. The summed E-state index contributed by atoms with van der Waals surface area (Å²) in [5.41, 5.74) is -1.11. The molecule has 0 heterocycles. The monoisotopic (exact) mass is 276 g/mol. The topological polar surface area (TPSA) is 38.7 Å². The van der Waals surface area contributed by atoms with Gasteiger partial charge in [-0.25, -0.2) is 8.78 Å². The quantitative estimate of drug-likeness (QED) is 0.838. The lowest BCUT2D eigenvalue weighted by atomic mass is 9.46. The van der Waals surface area contributed by atoms with Crippen LogP contribution in [-0.2, 0) is 9.47 Å². The molecule has 3 nitrogen and oxygen atoms in total. The van der Waals surface area contributed by atoms with Gasteiger partial charge in [-0.1, -0.05) is 0 Å². The average Bonchev–Trinajstić information content (AvgIpc) is 2.24. The Balaban J connectivity index is 1.75. The fourth-order valence-corrected chi connectivity index (χ4v) is 5.25. The molecule has 4 aliphatic carbocycles. The van der Waals surface area contributed by atoms with E-state index in [4.69, 9.17) is 9.47 Å². The smallest absolute Gasteiger partial charge is 0.261 e. The van der Waals surface area contributed by atoms with E-state index in [-0.39, 0.29) is 11.0 Å². The molecule has 0 aromatic heterocycles. The summed E-state index contributed by atoms with van der Waals surface area (Å²) in [6.07, 6.45) is 2.56. The number of rotatable bonds is 5. The lowest BCUT2D eigenvalue weighted by Crippen LogP contribution is -2.64. The summed E-state index contributed by atoms with van der Waals surface area (Å²) in [7, 11) is 1.70. The lowest BCUT2D eigenvalue weighted by Gasteiger charge is -2.64. The molecule has 4 unspecified atom stereocenters. The molecule has 4 bridgehead atoms. The Morgan fingerprint density at radius 1 is 1.21 bits per heavy atom. The molecule has 0 aromatic carbocycles. The summed E-state index contributed by atoms with van der Waals surface area (Å²) in [6.45, 7) is -0.188. The zero-order chi connectivity index (χ0) is 13.7. The minimum Gasteiger partial charge on any atom is -0.390 e. The van der Waals surface area contributed by atoms with Crippen molar-refractivity contribution in [3.8, 4) is 0 Å². The van der Waals surface area contributed by atoms with Gasteiger partial charge in [0.25, 0.3) is 6.43 Å². The highest BCUT2D eigenvalue weighted by Crippen LogP contribution is 2.64. The number of aliphatic hydroxyl groups is 1. The van der Waals surface area contributed by atoms with Gasteiger partial charge in [0, 0.05) is 13.5 Å². The third-order valence-electron chi connectivity index (χ3n) is 5.19. The van der Waals surface area contributed by atoms with Gasteiger partial charge in [0.05, 0.1) is 17.8 Å². The molecule has 5 heteroatoms. The minimum absolute atomic E-state index is 0.168. The predicted octanol–water partition coefficient (Wildman–Crippen LogP) is 2.37. The van der Waals surface area contributed by atoms with Crippen LogP contribution in [0.5, 0.6) is 0 Å². The van der Waals surface area contributed by atoms with Gasteiger partial charge in [-0.15, -0.1) is 0 Å². The van der Waals surface area contributed by atoms with Crippen LogP contribution in [-0.4, -0.2) is 43.1 Å². The van der Waals surface area contributed by atoms with Gasteiger partial charge in [0.15, 0.2) is 0 Å². The molecule has 4 fully saturated rings. The van der Waals surface area contributed by atoms with Crippen molar-refractivity contribution in [1.82, 2.24) is 0 Å². The van der Waals surface area contributed by atoms with Crippen molar-refractivity contribution >= 4 is 0 Å². The van der Waals surface area contributed by atoms with E-state index in [2.05, 4.69) is 0 Å². The van der Waals surface area contributed by atoms with Gasteiger partial charge < -0.3 is 14.6 Å². The molecule has 4 aliphatic rings. The van der Waals surface area contributed by atoms with Crippen LogP contribution in [0.15, 0.2) is 0 Å². The molecule has 4 atom stereocenters. The summed E-state index contributed by atoms with van der Waals surface area (Å²) < 4.78 is 35.3. The first-order valence-corrected chi connectivity index (χ1v) is 7.02. The molecule has 1 N–H and O–H groups in total. The Bertz CT molecular complexity index is 365. The Morgan fingerprint density at radius 3 is 2.63 bits per heavy atom. The van der Waals surface area contributed by atoms with Gasteiger partial charge in [0.2, 0.25) is 0 Å². The minimum atomic E-state index is -2.42. The summed E-state index contributed by atoms with van der Waals surface area (Å²) >= 11 is 0. The summed E-state index contributed by atoms with van der Waals surface area (Å²) in [4.78, 5) is 0. The van der Waals surface area contributed by atoms with Crippen molar-refractivity contribution in [3.05, 3.63) is 0 Å². The van der Waals surface area contributed by atoms with Crippen LogP contribution >= 0.6 is 0 Å². The summed E-state index contributed by atoms with van der Waals surface area (Å²) in [6, 6.07) is 0. The maximum atomic E-state index is 12.2. The molecule has 19 heavy (non-hydrogen) atoms. The number of hydrogen-bond acceptors (Lipinski definition) is 3. The van der Waals surface area contributed by atoms with E-state index >= 15 is 0 Å². The first-order chi connectivity index (χ1) is 8.88. The van der Waals surface area contributed by atoms with Gasteiger partial charge in [-0.3, -0.25) is 0 Å². The van der Waals surface area contributed by atoms with Crippen molar-refractivity contribution in [2.24, 2.45) is 11.3 Å². The second kappa shape index (κ2) is 4.37.